The molecule has 0 aliphatic rings. The Morgan fingerprint density at radius 1 is 0.556 bits per heavy atom. The maximum absolute atomic E-state index is 13.8. The second-order valence-corrected chi connectivity index (χ2v) is 32.9. The van der Waals surface area contributed by atoms with E-state index in [9.17, 15) is 9.59 Å². The summed E-state index contributed by atoms with van der Waals surface area (Å²) >= 11 is -5.33. The average Bonchev–Trinajstić information content (AvgIpc) is 2.83. The first-order valence-electron chi connectivity index (χ1n) is 13.2. The van der Waals surface area contributed by atoms with Gasteiger partial charge in [0, 0.05) is 0 Å². The Hall–Kier alpha value is -1.28. The van der Waals surface area contributed by atoms with Crippen LogP contribution in [0.4, 0.5) is 0 Å². The van der Waals surface area contributed by atoms with E-state index < -0.39 is 40.3 Å². The van der Waals surface area contributed by atoms with Crippen LogP contribution in [0.3, 0.4) is 0 Å². The standard InChI is InChI=1S/C18H16O4.4C3H7.2Sn.2H/c19-17(20)15(11-13-7-3-1-4-8-13)16(18(21)22)12-14-9-5-2-6-10-14;4*1-3-2;;;;/h1-10H,11-12H2,(H,19,20)(H,21,22);4*3H,1-2H3;;;;/q;;;;;2*+1;;/p-2/b16-15-;;;;;;;;. The van der Waals surface area contributed by atoms with E-state index in [1.54, 1.807) is 0 Å². The molecule has 0 atom stereocenters. The third-order valence-electron chi connectivity index (χ3n) is 6.42. The normalized spacial score (nSPS) is 12.6. The van der Waals surface area contributed by atoms with E-state index >= 15 is 0 Å². The number of rotatable bonds is 12. The van der Waals surface area contributed by atoms with Crippen LogP contribution in [0.25, 0.3) is 0 Å². The van der Waals surface area contributed by atoms with Gasteiger partial charge in [0.2, 0.25) is 0 Å². The van der Waals surface area contributed by atoms with Gasteiger partial charge in [-0.2, -0.15) is 0 Å². The zero-order valence-corrected chi connectivity index (χ0v) is 29.9. The molecule has 0 fully saturated rings. The molecule has 196 valence electrons. The van der Waals surface area contributed by atoms with Crippen LogP contribution in [0.15, 0.2) is 71.8 Å². The van der Waals surface area contributed by atoms with Crippen LogP contribution in [0.5, 0.6) is 0 Å². The van der Waals surface area contributed by atoms with Gasteiger partial charge < -0.3 is 0 Å². The van der Waals surface area contributed by atoms with Crippen molar-refractivity contribution < 1.29 is 15.7 Å². The summed E-state index contributed by atoms with van der Waals surface area (Å²) < 4.78 is 14.1. The van der Waals surface area contributed by atoms with Crippen molar-refractivity contribution in [1.82, 2.24) is 0 Å². The molecule has 6 heteroatoms. The van der Waals surface area contributed by atoms with Crippen LogP contribution in [0, 0.1) is 0 Å². The first kappa shape index (κ1) is 30.9. The van der Waals surface area contributed by atoms with Crippen LogP contribution in [-0.2, 0) is 28.6 Å². The van der Waals surface area contributed by atoms with Crippen molar-refractivity contribution in [3.8, 4) is 0 Å². The minimum absolute atomic E-state index is 0.328. The van der Waals surface area contributed by atoms with Gasteiger partial charge in [-0.05, 0) is 0 Å². The molecule has 0 spiro atoms. The number of hydrogen-bond donors (Lipinski definition) is 0. The summed E-state index contributed by atoms with van der Waals surface area (Å²) in [5, 5.41) is 0. The van der Waals surface area contributed by atoms with E-state index in [4.69, 9.17) is 6.15 Å². The molecule has 0 aliphatic heterocycles. The van der Waals surface area contributed by atoms with Gasteiger partial charge in [0.25, 0.3) is 0 Å². The summed E-state index contributed by atoms with van der Waals surface area (Å²) in [6, 6.07) is 19.7. The van der Waals surface area contributed by atoms with Crippen molar-refractivity contribution >= 4 is 52.3 Å². The Morgan fingerprint density at radius 3 is 1.08 bits per heavy atom. The average molecular weight is 706 g/mol. The molecule has 2 rings (SSSR count). The third-order valence-corrected chi connectivity index (χ3v) is 24.2. The molecular weight excluding hydrogens is 662 g/mol. The first-order valence-corrected chi connectivity index (χ1v) is 23.5. The van der Waals surface area contributed by atoms with Gasteiger partial charge in [-0.25, -0.2) is 0 Å². The minimum atomic E-state index is -2.66. The molecule has 4 nitrogen and oxygen atoms in total. The molecule has 0 aromatic heterocycles. The van der Waals surface area contributed by atoms with Crippen LogP contribution in [-0.4, -0.2) is 52.3 Å². The topological polar surface area (TPSA) is 52.6 Å². The van der Waals surface area contributed by atoms with Crippen LogP contribution < -0.4 is 0 Å². The molecule has 0 heterocycles. The Bertz CT molecular complexity index is 901. The molecule has 0 bridgehead atoms. The number of carbonyl (C=O) groups excluding carboxylic acids is 2. The van der Waals surface area contributed by atoms with Gasteiger partial charge in [0.1, 0.15) is 0 Å². The van der Waals surface area contributed by atoms with E-state index in [1.807, 2.05) is 60.7 Å². The van der Waals surface area contributed by atoms with Gasteiger partial charge in [-0.1, -0.05) is 0 Å². The van der Waals surface area contributed by atoms with E-state index in [0.29, 0.717) is 39.7 Å². The van der Waals surface area contributed by atoms with E-state index in [-0.39, 0.29) is 11.9 Å². The Labute approximate surface area is 233 Å². The van der Waals surface area contributed by atoms with Crippen molar-refractivity contribution in [1.29, 1.82) is 0 Å². The van der Waals surface area contributed by atoms with Crippen molar-refractivity contribution in [3.05, 3.63) is 82.9 Å². The fourth-order valence-electron chi connectivity index (χ4n) is 4.68. The van der Waals surface area contributed by atoms with Crippen LogP contribution in [0.2, 0.25) is 15.7 Å². The van der Waals surface area contributed by atoms with Gasteiger partial charge in [-0.3, -0.25) is 0 Å². The Balaban J connectivity index is 2.62. The van der Waals surface area contributed by atoms with E-state index in [1.165, 1.54) is 0 Å². The third kappa shape index (κ3) is 9.55. The van der Waals surface area contributed by atoms with Crippen molar-refractivity contribution in [2.24, 2.45) is 0 Å². The monoisotopic (exact) mass is 708 g/mol. The fraction of sp³-hybridized carbons (Fsp3) is 0.467. The van der Waals surface area contributed by atoms with Crippen molar-refractivity contribution in [2.75, 3.05) is 0 Å². The summed E-state index contributed by atoms with van der Waals surface area (Å²) in [6.07, 6.45) is 0.713. The van der Waals surface area contributed by atoms with Crippen molar-refractivity contribution in [2.45, 2.75) is 84.0 Å². The van der Waals surface area contributed by atoms with Crippen LogP contribution in [0.1, 0.15) is 66.5 Å². The molecule has 0 unspecified atom stereocenters. The number of benzene rings is 2. The zero-order valence-electron chi connectivity index (χ0n) is 23.3. The predicted octanol–water partition coefficient (Wildman–Crippen LogP) is 6.94. The van der Waals surface area contributed by atoms with Gasteiger partial charge in [0.05, 0.1) is 0 Å². The maximum atomic E-state index is 13.8. The second-order valence-electron chi connectivity index (χ2n) is 11.0. The number of carbonyl (C=O) groups is 2. The fourth-order valence-corrected chi connectivity index (χ4v) is 18.8. The summed E-state index contributed by atoms with van der Waals surface area (Å²) in [6.45, 7) is 17.2. The molecule has 2 aromatic rings. The predicted molar refractivity (Wildman–Crippen MR) is 154 cm³/mol. The second kappa shape index (κ2) is 15.2. The summed E-state index contributed by atoms with van der Waals surface area (Å²) in [7, 11) is 0. The Kier molecular flexibility index (Phi) is 13.1. The van der Waals surface area contributed by atoms with Gasteiger partial charge >= 0.3 is 235 Å². The van der Waals surface area contributed by atoms with Gasteiger partial charge in [0.15, 0.2) is 0 Å². The molecule has 0 saturated heterocycles. The molecule has 0 saturated carbocycles. The van der Waals surface area contributed by atoms with Crippen molar-refractivity contribution in [3.63, 3.8) is 0 Å². The quantitative estimate of drug-likeness (QED) is 0.177. The molecule has 0 amide bonds. The van der Waals surface area contributed by atoms with E-state index in [2.05, 4.69) is 55.4 Å². The molecule has 0 aliphatic carbocycles. The molecule has 0 N–H and O–H groups in total. The Morgan fingerprint density at radius 2 is 0.833 bits per heavy atom. The van der Waals surface area contributed by atoms with E-state index in [0.717, 1.165) is 11.1 Å². The van der Waals surface area contributed by atoms with Crippen LogP contribution >= 0.6 is 0 Å². The molecule has 0 radical (unpaired) electrons. The first-order chi connectivity index (χ1) is 17.0. The molecule has 2 aromatic carbocycles. The molecule has 36 heavy (non-hydrogen) atoms. The van der Waals surface area contributed by atoms with Gasteiger partial charge in [-0.15, -0.1) is 0 Å². The number of hydrogen-bond acceptors (Lipinski definition) is 4. The molecular formula is C30H44O4Sn2. The summed E-state index contributed by atoms with van der Waals surface area (Å²) in [5.74, 6) is -0.656. The summed E-state index contributed by atoms with van der Waals surface area (Å²) in [5.41, 5.74) is 2.87. The SMILES string of the molecule is C[CH](C)[SnH]([O]C(=O)/C(Cc1ccccc1)=C(/Cc1ccccc1)C(=O)[O][SnH]([CH](C)C)[CH](C)C)[CH](C)C. The zero-order chi connectivity index (χ0) is 26.8. The summed E-state index contributed by atoms with van der Waals surface area (Å²) in [4.78, 5) is 27.7.